The van der Waals surface area contributed by atoms with Gasteiger partial charge in [-0.3, -0.25) is 9.59 Å². The molecule has 0 aliphatic carbocycles. The summed E-state index contributed by atoms with van der Waals surface area (Å²) in [5.41, 5.74) is 2.32. The van der Waals surface area contributed by atoms with Crippen molar-refractivity contribution in [2.24, 2.45) is 0 Å². The summed E-state index contributed by atoms with van der Waals surface area (Å²) in [6.07, 6.45) is 2.42. The van der Waals surface area contributed by atoms with Gasteiger partial charge in [0.2, 0.25) is 0 Å². The van der Waals surface area contributed by atoms with E-state index in [9.17, 15) is 9.59 Å². The Morgan fingerprint density at radius 2 is 1.40 bits per heavy atom. The van der Waals surface area contributed by atoms with Gasteiger partial charge < -0.3 is 24.8 Å². The molecule has 3 rings (SSSR count). The molecule has 0 atom stereocenters. The van der Waals surface area contributed by atoms with Crippen LogP contribution in [-0.4, -0.2) is 31.6 Å². The summed E-state index contributed by atoms with van der Waals surface area (Å²) in [5, 5.41) is 5.69. The van der Waals surface area contributed by atoms with Gasteiger partial charge in [-0.2, -0.15) is 0 Å². The normalized spacial score (nSPS) is 10.2. The lowest BCUT2D eigenvalue weighted by atomic mass is 10.1. The molecule has 182 valence electrons. The van der Waals surface area contributed by atoms with E-state index >= 15 is 0 Å². The van der Waals surface area contributed by atoms with Crippen LogP contribution in [0.25, 0.3) is 0 Å². The predicted molar refractivity (Wildman–Crippen MR) is 138 cm³/mol. The minimum atomic E-state index is -0.358. The fourth-order valence-electron chi connectivity index (χ4n) is 3.39. The number of para-hydroxylation sites is 1. The lowest BCUT2D eigenvalue weighted by molar-refractivity contribution is -0.118. The molecule has 0 aliphatic rings. The van der Waals surface area contributed by atoms with E-state index in [1.54, 1.807) is 42.5 Å². The van der Waals surface area contributed by atoms with Crippen LogP contribution in [0, 0.1) is 0 Å². The van der Waals surface area contributed by atoms with E-state index in [0.717, 1.165) is 5.56 Å². The van der Waals surface area contributed by atoms with Crippen LogP contribution >= 0.6 is 0 Å². The molecule has 0 saturated carbocycles. The first-order chi connectivity index (χ1) is 17.0. The second-order valence-electron chi connectivity index (χ2n) is 7.47. The van der Waals surface area contributed by atoms with E-state index in [0.29, 0.717) is 53.8 Å². The number of ether oxygens (including phenoxy) is 3. The van der Waals surface area contributed by atoms with E-state index in [4.69, 9.17) is 14.2 Å². The van der Waals surface area contributed by atoms with Crippen LogP contribution in [0.2, 0.25) is 0 Å². The van der Waals surface area contributed by atoms with Crippen LogP contribution in [-0.2, 0) is 11.2 Å². The van der Waals surface area contributed by atoms with Crippen LogP contribution < -0.4 is 24.8 Å². The predicted octanol–water partition coefficient (Wildman–Crippen LogP) is 5.48. The molecule has 0 bridgehead atoms. The molecule has 0 aromatic heterocycles. The van der Waals surface area contributed by atoms with Crippen LogP contribution in [0.4, 0.5) is 11.4 Å². The summed E-state index contributed by atoms with van der Waals surface area (Å²) in [5.74, 6) is 0.800. The maximum atomic E-state index is 12.7. The Kier molecular flexibility index (Phi) is 9.31. The Morgan fingerprint density at radius 1 is 0.800 bits per heavy atom. The maximum Gasteiger partial charge on any atom is 0.262 e. The minimum absolute atomic E-state index is 0.184. The zero-order valence-corrected chi connectivity index (χ0v) is 20.0. The van der Waals surface area contributed by atoms with Crippen molar-refractivity contribution in [1.29, 1.82) is 0 Å². The van der Waals surface area contributed by atoms with Gasteiger partial charge in [0, 0.05) is 17.7 Å². The van der Waals surface area contributed by atoms with Crippen molar-refractivity contribution >= 4 is 23.2 Å². The van der Waals surface area contributed by atoms with E-state index in [1.165, 1.54) is 0 Å². The molecular formula is C28H30N2O5. The smallest absolute Gasteiger partial charge is 0.262 e. The molecule has 0 heterocycles. The summed E-state index contributed by atoms with van der Waals surface area (Å²) in [6, 6.07) is 19.7. The fourth-order valence-corrected chi connectivity index (χ4v) is 3.39. The largest absolute Gasteiger partial charge is 0.492 e. The molecule has 3 aromatic carbocycles. The lowest BCUT2D eigenvalue weighted by Gasteiger charge is -2.18. The topological polar surface area (TPSA) is 85.9 Å². The van der Waals surface area contributed by atoms with Gasteiger partial charge in [-0.1, -0.05) is 42.5 Å². The molecule has 7 nitrogen and oxygen atoms in total. The first kappa shape index (κ1) is 25.4. The summed E-state index contributed by atoms with van der Waals surface area (Å²) >= 11 is 0. The standard InChI is InChI=1S/C28H30N2O5/c1-4-12-20-13-10-11-16-24(20)35-19-27(31)29-22-17-26(34-6-3)23(18-25(22)33-5-2)30-28(32)21-14-8-7-9-15-21/h4,7-11,13-18H,1,5-6,12,19H2,2-3H3,(H,29,31)(H,30,32). The van der Waals surface area contributed by atoms with Crippen molar-refractivity contribution < 1.29 is 23.8 Å². The molecule has 35 heavy (non-hydrogen) atoms. The van der Waals surface area contributed by atoms with E-state index in [1.807, 2.05) is 44.2 Å². The lowest BCUT2D eigenvalue weighted by Crippen LogP contribution is -2.21. The monoisotopic (exact) mass is 474 g/mol. The Hall–Kier alpha value is -4.26. The summed E-state index contributed by atoms with van der Waals surface area (Å²) in [4.78, 5) is 25.4. The van der Waals surface area contributed by atoms with Gasteiger partial charge in [0.15, 0.2) is 6.61 Å². The fraction of sp³-hybridized carbons (Fsp3) is 0.214. The molecule has 0 aliphatic heterocycles. The van der Waals surface area contributed by atoms with Crippen molar-refractivity contribution in [3.63, 3.8) is 0 Å². The number of nitrogens with one attached hydrogen (secondary N) is 2. The van der Waals surface area contributed by atoms with Crippen LogP contribution in [0.1, 0.15) is 29.8 Å². The Labute approximate surface area is 205 Å². The number of rotatable bonds is 12. The quantitative estimate of drug-likeness (QED) is 0.340. The number of anilines is 2. The van der Waals surface area contributed by atoms with Crippen molar-refractivity contribution in [3.05, 3.63) is 90.5 Å². The number of hydrogen-bond acceptors (Lipinski definition) is 5. The van der Waals surface area contributed by atoms with Crippen LogP contribution in [0.5, 0.6) is 17.2 Å². The second-order valence-corrected chi connectivity index (χ2v) is 7.47. The number of benzene rings is 3. The number of amides is 2. The first-order valence-electron chi connectivity index (χ1n) is 11.5. The third-order valence-electron chi connectivity index (χ3n) is 4.94. The molecule has 0 radical (unpaired) electrons. The summed E-state index contributed by atoms with van der Waals surface area (Å²) in [6.45, 7) is 7.99. The van der Waals surface area contributed by atoms with Crippen LogP contribution in [0.3, 0.4) is 0 Å². The van der Waals surface area contributed by atoms with Crippen LogP contribution in [0.15, 0.2) is 79.4 Å². The minimum Gasteiger partial charge on any atom is -0.492 e. The number of carbonyl (C=O) groups is 2. The maximum absolute atomic E-state index is 12.7. The van der Waals surface area contributed by atoms with Crippen molar-refractivity contribution in [3.8, 4) is 17.2 Å². The molecule has 0 spiro atoms. The van der Waals surface area contributed by atoms with Gasteiger partial charge in [-0.05, 0) is 44.0 Å². The molecule has 2 N–H and O–H groups in total. The number of allylic oxidation sites excluding steroid dienone is 1. The average Bonchev–Trinajstić information content (AvgIpc) is 2.87. The van der Waals surface area contributed by atoms with Gasteiger partial charge in [-0.25, -0.2) is 0 Å². The summed E-state index contributed by atoms with van der Waals surface area (Å²) < 4.78 is 17.2. The third kappa shape index (κ3) is 7.11. The molecule has 0 fully saturated rings. The number of carbonyl (C=O) groups excluding carboxylic acids is 2. The second kappa shape index (κ2) is 12.8. The Bertz CT molecular complexity index is 1160. The van der Waals surface area contributed by atoms with Gasteiger partial charge in [0.05, 0.1) is 24.6 Å². The highest BCUT2D eigenvalue weighted by atomic mass is 16.5. The SMILES string of the molecule is C=CCc1ccccc1OCC(=O)Nc1cc(OCC)c(NC(=O)c2ccccc2)cc1OCC. The molecule has 7 heteroatoms. The van der Waals surface area contributed by atoms with Gasteiger partial charge in [-0.15, -0.1) is 6.58 Å². The molecule has 2 amide bonds. The highest BCUT2D eigenvalue weighted by molar-refractivity contribution is 6.05. The van der Waals surface area contributed by atoms with E-state index < -0.39 is 0 Å². The van der Waals surface area contributed by atoms with Crippen molar-refractivity contribution in [2.45, 2.75) is 20.3 Å². The van der Waals surface area contributed by atoms with Crippen molar-refractivity contribution in [2.75, 3.05) is 30.5 Å². The number of hydrogen-bond donors (Lipinski definition) is 2. The van der Waals surface area contributed by atoms with Gasteiger partial charge in [0.25, 0.3) is 11.8 Å². The molecule has 0 saturated heterocycles. The zero-order valence-electron chi connectivity index (χ0n) is 20.0. The summed E-state index contributed by atoms with van der Waals surface area (Å²) in [7, 11) is 0. The molecule has 3 aromatic rings. The van der Waals surface area contributed by atoms with Gasteiger partial charge in [0.1, 0.15) is 17.2 Å². The molecular weight excluding hydrogens is 444 g/mol. The van der Waals surface area contributed by atoms with Gasteiger partial charge >= 0.3 is 0 Å². The van der Waals surface area contributed by atoms with Crippen molar-refractivity contribution in [1.82, 2.24) is 0 Å². The zero-order chi connectivity index (χ0) is 25.0. The van der Waals surface area contributed by atoms with E-state index in [-0.39, 0.29) is 18.4 Å². The van der Waals surface area contributed by atoms with E-state index in [2.05, 4.69) is 17.2 Å². The average molecular weight is 475 g/mol. The first-order valence-corrected chi connectivity index (χ1v) is 11.5. The highest BCUT2D eigenvalue weighted by Crippen LogP contribution is 2.37. The highest BCUT2D eigenvalue weighted by Gasteiger charge is 2.17. The molecule has 0 unspecified atom stereocenters. The third-order valence-corrected chi connectivity index (χ3v) is 4.94. The Balaban J connectivity index is 1.79. The Morgan fingerprint density at radius 3 is 2.03 bits per heavy atom.